The van der Waals surface area contributed by atoms with Gasteiger partial charge >= 0.3 is 0 Å². The number of amides is 1. The van der Waals surface area contributed by atoms with Crippen molar-refractivity contribution in [2.24, 2.45) is 11.6 Å². The molecule has 0 unspecified atom stereocenters. The molecule has 1 amide bonds. The zero-order valence-electron chi connectivity index (χ0n) is 6.58. The van der Waals surface area contributed by atoms with Crippen LogP contribution in [0.2, 0.25) is 0 Å². The van der Waals surface area contributed by atoms with Gasteiger partial charge in [0.2, 0.25) is 5.91 Å². The van der Waals surface area contributed by atoms with Crippen LogP contribution in [0.5, 0.6) is 0 Å². The fraction of sp³-hybridized carbons (Fsp3) is 0.125. The van der Waals surface area contributed by atoms with Gasteiger partial charge in [-0.3, -0.25) is 10.6 Å². The van der Waals surface area contributed by atoms with E-state index in [9.17, 15) is 4.79 Å². The number of hydrazine groups is 1. The highest BCUT2D eigenvalue weighted by molar-refractivity contribution is 5.76. The van der Waals surface area contributed by atoms with Crippen LogP contribution < -0.4 is 17.0 Å². The molecule has 4 nitrogen and oxygen atoms in total. The Bertz CT molecular complexity index is 268. The quantitative estimate of drug-likeness (QED) is 0.435. The van der Waals surface area contributed by atoms with Crippen LogP contribution >= 0.6 is 0 Å². The number of carbonyl (C=O) groups is 1. The molecule has 0 aromatic heterocycles. The van der Waals surface area contributed by atoms with Crippen LogP contribution in [0, 0.1) is 0 Å². The van der Waals surface area contributed by atoms with Crippen molar-refractivity contribution in [3.63, 3.8) is 0 Å². The van der Waals surface area contributed by atoms with Gasteiger partial charge in [-0.2, -0.15) is 0 Å². The Hall–Kier alpha value is -1.55. The summed E-state index contributed by atoms with van der Waals surface area (Å²) in [5.74, 6) is 4.83. The normalized spacial score (nSPS) is 9.42. The minimum Gasteiger partial charge on any atom is -0.369 e. The molecule has 0 aliphatic heterocycles. The summed E-state index contributed by atoms with van der Waals surface area (Å²) in [4.78, 5) is 10.5. The van der Waals surface area contributed by atoms with E-state index in [1.54, 1.807) is 24.3 Å². The zero-order chi connectivity index (χ0) is 8.97. The topological polar surface area (TPSA) is 81.1 Å². The maximum absolute atomic E-state index is 10.5. The highest BCUT2D eigenvalue weighted by Crippen LogP contribution is 2.07. The van der Waals surface area contributed by atoms with E-state index in [4.69, 9.17) is 11.6 Å². The minimum atomic E-state index is -0.330. The molecular weight excluding hydrogens is 154 g/mol. The first-order chi connectivity index (χ1) is 5.72. The van der Waals surface area contributed by atoms with Crippen LogP contribution in [0.25, 0.3) is 0 Å². The highest BCUT2D eigenvalue weighted by Gasteiger charge is 1.96. The molecule has 1 aromatic carbocycles. The first-order valence-electron chi connectivity index (χ1n) is 3.56. The molecule has 0 bridgehead atoms. The van der Waals surface area contributed by atoms with Gasteiger partial charge in [0, 0.05) is 5.69 Å². The monoisotopic (exact) mass is 165 g/mol. The SMILES string of the molecule is NNc1ccc(CC(N)=O)cc1. The van der Waals surface area contributed by atoms with Crippen molar-refractivity contribution < 1.29 is 4.79 Å². The van der Waals surface area contributed by atoms with Gasteiger partial charge in [0.1, 0.15) is 0 Å². The largest absolute Gasteiger partial charge is 0.369 e. The van der Waals surface area contributed by atoms with Crippen molar-refractivity contribution in [1.29, 1.82) is 0 Å². The number of hydrogen-bond donors (Lipinski definition) is 3. The second-order valence-corrected chi connectivity index (χ2v) is 2.48. The molecule has 0 saturated heterocycles. The van der Waals surface area contributed by atoms with Crippen LogP contribution in [0.1, 0.15) is 5.56 Å². The molecule has 0 saturated carbocycles. The lowest BCUT2D eigenvalue weighted by Gasteiger charge is -2.00. The summed E-state index contributed by atoms with van der Waals surface area (Å²) < 4.78 is 0. The summed E-state index contributed by atoms with van der Waals surface area (Å²) >= 11 is 0. The first-order valence-corrected chi connectivity index (χ1v) is 3.56. The molecule has 0 heterocycles. The Balaban J connectivity index is 2.71. The number of rotatable bonds is 3. The number of hydrogen-bond acceptors (Lipinski definition) is 3. The smallest absolute Gasteiger partial charge is 0.221 e. The van der Waals surface area contributed by atoms with Crippen LogP contribution in [-0.4, -0.2) is 5.91 Å². The Kier molecular flexibility index (Phi) is 2.66. The Morgan fingerprint density at radius 2 is 1.92 bits per heavy atom. The van der Waals surface area contributed by atoms with E-state index < -0.39 is 0 Å². The van der Waals surface area contributed by atoms with E-state index >= 15 is 0 Å². The fourth-order valence-corrected chi connectivity index (χ4v) is 0.920. The van der Waals surface area contributed by atoms with E-state index in [0.717, 1.165) is 11.3 Å². The van der Waals surface area contributed by atoms with Crippen LogP contribution in [0.4, 0.5) is 5.69 Å². The van der Waals surface area contributed by atoms with Gasteiger partial charge in [-0.05, 0) is 17.7 Å². The molecule has 4 heteroatoms. The van der Waals surface area contributed by atoms with Crippen molar-refractivity contribution in [2.45, 2.75) is 6.42 Å². The molecule has 1 rings (SSSR count). The summed E-state index contributed by atoms with van der Waals surface area (Å²) in [7, 11) is 0. The number of anilines is 1. The highest BCUT2D eigenvalue weighted by atomic mass is 16.1. The van der Waals surface area contributed by atoms with Crippen molar-refractivity contribution in [1.82, 2.24) is 0 Å². The summed E-state index contributed by atoms with van der Waals surface area (Å²) in [6.45, 7) is 0. The maximum Gasteiger partial charge on any atom is 0.221 e. The molecular formula is C8H11N3O. The minimum absolute atomic E-state index is 0.269. The number of carbonyl (C=O) groups excluding carboxylic acids is 1. The molecule has 1 aromatic rings. The van der Waals surface area contributed by atoms with Crippen molar-refractivity contribution >= 4 is 11.6 Å². The van der Waals surface area contributed by atoms with E-state index in [-0.39, 0.29) is 12.3 Å². The molecule has 64 valence electrons. The third kappa shape index (κ3) is 2.25. The number of nitrogens with two attached hydrogens (primary N) is 2. The molecule has 12 heavy (non-hydrogen) atoms. The zero-order valence-corrected chi connectivity index (χ0v) is 6.58. The predicted molar refractivity (Wildman–Crippen MR) is 47.2 cm³/mol. The molecule has 0 spiro atoms. The third-order valence-corrected chi connectivity index (χ3v) is 1.50. The second-order valence-electron chi connectivity index (χ2n) is 2.48. The Morgan fingerprint density at radius 1 is 1.33 bits per heavy atom. The maximum atomic E-state index is 10.5. The lowest BCUT2D eigenvalue weighted by molar-refractivity contribution is -0.117. The summed E-state index contributed by atoms with van der Waals surface area (Å²) in [6.07, 6.45) is 0.269. The number of benzene rings is 1. The van der Waals surface area contributed by atoms with Gasteiger partial charge in [0.05, 0.1) is 6.42 Å². The van der Waals surface area contributed by atoms with Crippen LogP contribution in [0.15, 0.2) is 24.3 Å². The average Bonchev–Trinajstić information content (AvgIpc) is 2.05. The number of nitrogen functional groups attached to an aromatic ring is 1. The molecule has 0 aliphatic rings. The van der Waals surface area contributed by atoms with Crippen LogP contribution in [-0.2, 0) is 11.2 Å². The fourth-order valence-electron chi connectivity index (χ4n) is 0.920. The Morgan fingerprint density at radius 3 is 2.33 bits per heavy atom. The first kappa shape index (κ1) is 8.55. The third-order valence-electron chi connectivity index (χ3n) is 1.50. The lowest BCUT2D eigenvalue weighted by Crippen LogP contribution is -2.13. The molecule has 0 radical (unpaired) electrons. The van der Waals surface area contributed by atoms with E-state index in [0.29, 0.717) is 0 Å². The lowest BCUT2D eigenvalue weighted by atomic mass is 10.1. The van der Waals surface area contributed by atoms with Gasteiger partial charge < -0.3 is 11.2 Å². The van der Waals surface area contributed by atoms with Crippen molar-refractivity contribution in [2.75, 3.05) is 5.43 Å². The molecule has 0 fully saturated rings. The standard InChI is InChI=1S/C8H11N3O/c9-8(12)5-6-1-3-7(11-10)4-2-6/h1-4,11H,5,10H2,(H2,9,12). The summed E-state index contributed by atoms with van der Waals surface area (Å²) in [6, 6.07) is 7.19. The summed E-state index contributed by atoms with van der Waals surface area (Å²) in [5, 5.41) is 0. The molecule has 5 N–H and O–H groups in total. The van der Waals surface area contributed by atoms with E-state index in [2.05, 4.69) is 5.43 Å². The van der Waals surface area contributed by atoms with E-state index in [1.807, 2.05) is 0 Å². The number of nitrogens with one attached hydrogen (secondary N) is 1. The molecule has 0 aliphatic carbocycles. The predicted octanol–water partition coefficient (Wildman–Crippen LogP) is 0.000000000000000111. The van der Waals surface area contributed by atoms with Gasteiger partial charge in [0.15, 0.2) is 0 Å². The summed E-state index contributed by atoms with van der Waals surface area (Å²) in [5.41, 5.74) is 9.21. The van der Waals surface area contributed by atoms with E-state index in [1.165, 1.54) is 0 Å². The van der Waals surface area contributed by atoms with Crippen molar-refractivity contribution in [3.8, 4) is 0 Å². The molecule has 0 atom stereocenters. The van der Waals surface area contributed by atoms with Gasteiger partial charge in [-0.25, -0.2) is 0 Å². The van der Waals surface area contributed by atoms with Gasteiger partial charge in [-0.1, -0.05) is 12.1 Å². The Labute approximate surface area is 70.5 Å². The second kappa shape index (κ2) is 3.73. The van der Waals surface area contributed by atoms with Gasteiger partial charge in [0.25, 0.3) is 0 Å². The van der Waals surface area contributed by atoms with Crippen LogP contribution in [0.3, 0.4) is 0 Å². The van der Waals surface area contributed by atoms with Gasteiger partial charge in [-0.15, -0.1) is 0 Å². The average molecular weight is 165 g/mol. The number of primary amides is 1. The van der Waals surface area contributed by atoms with Crippen molar-refractivity contribution in [3.05, 3.63) is 29.8 Å².